The fourth-order valence-corrected chi connectivity index (χ4v) is 2.20. The molecule has 18 heavy (non-hydrogen) atoms. The Morgan fingerprint density at radius 2 is 2.22 bits per heavy atom. The first kappa shape index (κ1) is 13.3. The van der Waals surface area contributed by atoms with Crippen LogP contribution in [0.5, 0.6) is 0 Å². The van der Waals surface area contributed by atoms with Crippen molar-refractivity contribution >= 4 is 25.8 Å². The lowest BCUT2D eigenvalue weighted by Crippen LogP contribution is -2.20. The van der Waals surface area contributed by atoms with Crippen LogP contribution in [0.3, 0.4) is 0 Å². The van der Waals surface area contributed by atoms with Gasteiger partial charge in [0, 0.05) is 13.2 Å². The van der Waals surface area contributed by atoms with Gasteiger partial charge in [0.25, 0.3) is 0 Å². The van der Waals surface area contributed by atoms with Crippen molar-refractivity contribution in [3.8, 4) is 0 Å². The van der Waals surface area contributed by atoms with Crippen LogP contribution in [0, 0.1) is 0 Å². The van der Waals surface area contributed by atoms with Crippen LogP contribution in [-0.4, -0.2) is 44.4 Å². The average molecular weight is 268 g/mol. The van der Waals surface area contributed by atoms with E-state index < -0.39 is 0 Å². The molecule has 2 aromatic heterocycles. The molecule has 1 N–H and O–H groups in total. The highest BCUT2D eigenvalue weighted by Gasteiger charge is 2.16. The smallest absolute Gasteiger partial charge is 0.164 e. The van der Waals surface area contributed by atoms with Gasteiger partial charge in [-0.1, -0.05) is 9.24 Å². The highest BCUT2D eigenvalue weighted by atomic mass is 31.0. The summed E-state index contributed by atoms with van der Waals surface area (Å²) in [6, 6.07) is 0.145. The number of hydrogen-bond acceptors (Lipinski definition) is 5. The van der Waals surface area contributed by atoms with Crippen molar-refractivity contribution in [2.45, 2.75) is 25.5 Å². The SMILES string of the molecule is COC(CO)CC(C)n1cnc2c(P)ncnc21. The summed E-state index contributed by atoms with van der Waals surface area (Å²) < 4.78 is 7.16. The third-order valence-electron chi connectivity index (χ3n) is 3.00. The molecule has 2 rings (SSSR count). The number of rotatable bonds is 5. The number of aliphatic hydroxyl groups is 1. The summed E-state index contributed by atoms with van der Waals surface area (Å²) in [5.74, 6) is 0. The molecule has 0 aliphatic carbocycles. The molecule has 3 atom stereocenters. The Morgan fingerprint density at radius 3 is 2.89 bits per heavy atom. The van der Waals surface area contributed by atoms with Crippen molar-refractivity contribution in [3.63, 3.8) is 0 Å². The third-order valence-corrected chi connectivity index (χ3v) is 3.43. The predicted molar refractivity (Wildman–Crippen MR) is 71.9 cm³/mol. The number of fused-ring (bicyclic) bond motifs is 1. The number of hydrogen-bond donors (Lipinski definition) is 1. The van der Waals surface area contributed by atoms with Gasteiger partial charge < -0.3 is 14.4 Å². The quantitative estimate of drug-likeness (QED) is 0.789. The zero-order valence-electron chi connectivity index (χ0n) is 10.4. The van der Waals surface area contributed by atoms with Gasteiger partial charge in [0.15, 0.2) is 5.65 Å². The molecule has 0 spiro atoms. The largest absolute Gasteiger partial charge is 0.394 e. The number of aliphatic hydroxyl groups excluding tert-OH is 1. The lowest BCUT2D eigenvalue weighted by molar-refractivity contribution is 0.0348. The Morgan fingerprint density at radius 1 is 1.44 bits per heavy atom. The summed E-state index contributed by atoms with van der Waals surface area (Å²) >= 11 is 0. The minimum Gasteiger partial charge on any atom is -0.394 e. The van der Waals surface area contributed by atoms with Gasteiger partial charge in [-0.3, -0.25) is 0 Å². The molecule has 0 aliphatic heterocycles. The van der Waals surface area contributed by atoms with Gasteiger partial charge in [-0.15, -0.1) is 0 Å². The summed E-state index contributed by atoms with van der Waals surface area (Å²) in [6.45, 7) is 2.06. The van der Waals surface area contributed by atoms with Crippen molar-refractivity contribution in [1.29, 1.82) is 0 Å². The Hall–Kier alpha value is -1.10. The van der Waals surface area contributed by atoms with Gasteiger partial charge in [0.1, 0.15) is 11.8 Å². The highest BCUT2D eigenvalue weighted by molar-refractivity contribution is 7.27. The summed E-state index contributed by atoms with van der Waals surface area (Å²) in [5.41, 5.74) is 2.37. The predicted octanol–water partition coefficient (Wildman–Crippen LogP) is 0.285. The van der Waals surface area contributed by atoms with Crippen LogP contribution in [0.15, 0.2) is 12.7 Å². The maximum Gasteiger partial charge on any atom is 0.164 e. The third kappa shape index (κ3) is 2.51. The molecule has 0 saturated carbocycles. The molecule has 0 aliphatic rings. The van der Waals surface area contributed by atoms with Crippen LogP contribution in [0.4, 0.5) is 0 Å². The number of ether oxygens (including phenoxy) is 1. The van der Waals surface area contributed by atoms with Crippen LogP contribution in [-0.2, 0) is 4.74 Å². The van der Waals surface area contributed by atoms with E-state index in [0.29, 0.717) is 6.42 Å². The lowest BCUT2D eigenvalue weighted by atomic mass is 10.1. The van der Waals surface area contributed by atoms with Gasteiger partial charge >= 0.3 is 0 Å². The second-order valence-electron chi connectivity index (χ2n) is 4.21. The molecule has 98 valence electrons. The van der Waals surface area contributed by atoms with Crippen molar-refractivity contribution in [1.82, 2.24) is 19.5 Å². The van der Waals surface area contributed by atoms with Crippen LogP contribution in [0.2, 0.25) is 0 Å². The van der Waals surface area contributed by atoms with E-state index in [-0.39, 0.29) is 18.8 Å². The topological polar surface area (TPSA) is 73.1 Å². The van der Waals surface area contributed by atoms with E-state index in [2.05, 4.69) is 24.2 Å². The maximum atomic E-state index is 9.15. The van der Waals surface area contributed by atoms with E-state index in [1.165, 1.54) is 6.33 Å². The molecule has 2 aromatic rings. The van der Waals surface area contributed by atoms with E-state index in [4.69, 9.17) is 9.84 Å². The van der Waals surface area contributed by atoms with Crippen molar-refractivity contribution in [2.24, 2.45) is 0 Å². The Balaban J connectivity index is 2.28. The molecule has 6 nitrogen and oxygen atoms in total. The Bertz CT molecular complexity index is 527. The Kier molecular flexibility index (Phi) is 4.22. The fraction of sp³-hybridized carbons (Fsp3) is 0.545. The van der Waals surface area contributed by atoms with Crippen molar-refractivity contribution < 1.29 is 9.84 Å². The summed E-state index contributed by atoms with van der Waals surface area (Å²) in [4.78, 5) is 12.7. The Labute approximate surface area is 108 Å². The molecule has 0 fully saturated rings. The summed E-state index contributed by atoms with van der Waals surface area (Å²) in [7, 11) is 4.15. The van der Waals surface area contributed by atoms with E-state index in [9.17, 15) is 0 Å². The molecule has 0 amide bonds. The first-order valence-electron chi connectivity index (χ1n) is 5.74. The lowest BCUT2D eigenvalue weighted by Gasteiger charge is -2.19. The van der Waals surface area contributed by atoms with Crippen LogP contribution < -0.4 is 5.44 Å². The number of imidazole rings is 1. The average Bonchev–Trinajstić information content (AvgIpc) is 2.81. The first-order chi connectivity index (χ1) is 8.67. The molecule has 0 aromatic carbocycles. The number of nitrogens with zero attached hydrogens (tertiary/aromatic N) is 4. The minimum absolute atomic E-state index is 0.0112. The summed E-state index contributed by atoms with van der Waals surface area (Å²) in [6.07, 6.45) is 3.81. The van der Waals surface area contributed by atoms with Crippen LogP contribution >= 0.6 is 9.24 Å². The number of aromatic nitrogens is 4. The van der Waals surface area contributed by atoms with Gasteiger partial charge in [0.05, 0.1) is 24.5 Å². The molecule has 7 heteroatoms. The zero-order valence-corrected chi connectivity index (χ0v) is 11.6. The number of methoxy groups -OCH3 is 1. The van der Waals surface area contributed by atoms with Gasteiger partial charge in [-0.2, -0.15) is 0 Å². The van der Waals surface area contributed by atoms with Crippen LogP contribution in [0.1, 0.15) is 19.4 Å². The monoisotopic (exact) mass is 268 g/mol. The highest BCUT2D eigenvalue weighted by Crippen LogP contribution is 2.19. The fourth-order valence-electron chi connectivity index (χ4n) is 1.93. The van der Waals surface area contributed by atoms with Gasteiger partial charge in [0.2, 0.25) is 0 Å². The molecular formula is C11H17N4O2P. The van der Waals surface area contributed by atoms with Gasteiger partial charge in [-0.05, 0) is 13.3 Å². The second kappa shape index (κ2) is 5.69. The van der Waals surface area contributed by atoms with Crippen LogP contribution in [0.25, 0.3) is 11.2 Å². The standard InChI is InChI=1S/C11H17N4O2P/c1-7(3-8(4-16)17-2)15-6-14-9-10(15)12-5-13-11(9)18/h5-8,16H,3-4,18H2,1-2H3. The minimum atomic E-state index is -0.172. The molecule has 0 bridgehead atoms. The normalized spacial score (nSPS) is 14.9. The molecular weight excluding hydrogens is 251 g/mol. The molecule has 2 heterocycles. The summed E-state index contributed by atoms with van der Waals surface area (Å²) in [5, 5.41) is 9.15. The van der Waals surface area contributed by atoms with E-state index in [0.717, 1.165) is 16.6 Å². The molecule has 3 unspecified atom stereocenters. The second-order valence-corrected chi connectivity index (χ2v) is 4.75. The van der Waals surface area contributed by atoms with E-state index in [1.807, 2.05) is 11.5 Å². The molecule has 0 radical (unpaired) electrons. The van der Waals surface area contributed by atoms with Crippen molar-refractivity contribution in [2.75, 3.05) is 13.7 Å². The molecule has 0 saturated heterocycles. The van der Waals surface area contributed by atoms with Crippen molar-refractivity contribution in [3.05, 3.63) is 12.7 Å². The van der Waals surface area contributed by atoms with E-state index in [1.54, 1.807) is 13.4 Å². The first-order valence-corrected chi connectivity index (χ1v) is 6.31. The zero-order chi connectivity index (χ0) is 13.1. The maximum absolute atomic E-state index is 9.15. The van der Waals surface area contributed by atoms with Gasteiger partial charge in [-0.25, -0.2) is 15.0 Å². The van der Waals surface area contributed by atoms with E-state index >= 15 is 0 Å².